The van der Waals surface area contributed by atoms with Gasteiger partial charge >= 0.3 is 5.97 Å². The third kappa shape index (κ3) is 3.21. The number of anilines is 1. The molecule has 5 heteroatoms. The first-order valence-electron chi connectivity index (χ1n) is 8.01. The average molecular weight is 334 g/mol. The van der Waals surface area contributed by atoms with E-state index in [-0.39, 0.29) is 18.1 Å². The number of esters is 1. The van der Waals surface area contributed by atoms with Crippen LogP contribution < -0.4 is 4.90 Å². The Hall–Kier alpha value is -3.21. The van der Waals surface area contributed by atoms with Crippen LogP contribution in [0.15, 0.2) is 65.2 Å². The number of carbonyl (C=O) groups excluding carboxylic acids is 2. The summed E-state index contributed by atoms with van der Waals surface area (Å²) >= 11 is 0. The summed E-state index contributed by atoms with van der Waals surface area (Å²) in [7, 11) is 1.69. The number of rotatable bonds is 4. The molecule has 0 saturated carbocycles. The van der Waals surface area contributed by atoms with Crippen molar-refractivity contribution >= 4 is 35.0 Å². The molecular formula is C20H18N2O3. The van der Waals surface area contributed by atoms with E-state index in [2.05, 4.69) is 4.99 Å². The van der Waals surface area contributed by atoms with E-state index in [1.807, 2.05) is 54.6 Å². The molecule has 0 fully saturated rings. The third-order valence-electron chi connectivity index (χ3n) is 3.92. The van der Waals surface area contributed by atoms with Crippen molar-refractivity contribution in [3.8, 4) is 0 Å². The molecule has 126 valence electrons. The Morgan fingerprint density at radius 1 is 1.12 bits per heavy atom. The summed E-state index contributed by atoms with van der Waals surface area (Å²) in [6, 6.07) is 16.6. The van der Waals surface area contributed by atoms with Crippen LogP contribution in [0.25, 0.3) is 5.57 Å². The van der Waals surface area contributed by atoms with E-state index < -0.39 is 5.97 Å². The predicted molar refractivity (Wildman–Crippen MR) is 98.0 cm³/mol. The van der Waals surface area contributed by atoms with Crippen molar-refractivity contribution in [1.82, 2.24) is 0 Å². The summed E-state index contributed by atoms with van der Waals surface area (Å²) in [5, 5.41) is 0. The highest BCUT2D eigenvalue weighted by Gasteiger charge is 2.33. The van der Waals surface area contributed by atoms with Gasteiger partial charge in [0.2, 0.25) is 0 Å². The molecular weight excluding hydrogens is 316 g/mol. The number of fused-ring (bicyclic) bond motifs is 1. The van der Waals surface area contributed by atoms with Crippen LogP contribution in [0.3, 0.4) is 0 Å². The number of likely N-dealkylation sites (N-methyl/N-ethyl adjacent to an activating group) is 1. The van der Waals surface area contributed by atoms with Gasteiger partial charge in [-0.05, 0) is 25.1 Å². The molecule has 1 aliphatic heterocycles. The van der Waals surface area contributed by atoms with Gasteiger partial charge in [-0.2, -0.15) is 0 Å². The number of ether oxygens (including phenoxy) is 1. The topological polar surface area (TPSA) is 59.0 Å². The first-order chi connectivity index (χ1) is 12.1. The van der Waals surface area contributed by atoms with Crippen molar-refractivity contribution in [1.29, 1.82) is 0 Å². The smallest absolute Gasteiger partial charge is 0.340 e. The monoisotopic (exact) mass is 334 g/mol. The third-order valence-corrected chi connectivity index (χ3v) is 3.92. The molecule has 0 spiro atoms. The summed E-state index contributed by atoms with van der Waals surface area (Å²) in [5.74, 6) is -0.806. The first kappa shape index (κ1) is 16.6. The molecule has 0 unspecified atom stereocenters. The zero-order valence-corrected chi connectivity index (χ0v) is 14.1. The second-order valence-corrected chi connectivity index (χ2v) is 5.48. The number of hydrogen-bond acceptors (Lipinski definition) is 4. The molecule has 0 atom stereocenters. The highest BCUT2D eigenvalue weighted by molar-refractivity contribution is 6.39. The summed E-state index contributed by atoms with van der Waals surface area (Å²) < 4.78 is 5.14. The fourth-order valence-electron chi connectivity index (χ4n) is 2.71. The number of para-hydroxylation sites is 2. The van der Waals surface area contributed by atoms with Crippen LogP contribution >= 0.6 is 0 Å². The van der Waals surface area contributed by atoms with Gasteiger partial charge in [0.1, 0.15) is 0 Å². The van der Waals surface area contributed by atoms with Crippen LogP contribution in [0.5, 0.6) is 0 Å². The number of carbonyl (C=O) groups is 2. The van der Waals surface area contributed by atoms with Crippen LogP contribution in [-0.4, -0.2) is 31.7 Å². The molecule has 3 rings (SSSR count). The van der Waals surface area contributed by atoms with Gasteiger partial charge in [-0.15, -0.1) is 0 Å². The molecule has 0 saturated heterocycles. The molecule has 1 heterocycles. The lowest BCUT2D eigenvalue weighted by Gasteiger charge is -2.08. The van der Waals surface area contributed by atoms with Crippen LogP contribution in [0.1, 0.15) is 12.5 Å². The molecule has 1 amide bonds. The Kier molecular flexibility index (Phi) is 4.75. The van der Waals surface area contributed by atoms with Crippen molar-refractivity contribution in [2.45, 2.75) is 6.92 Å². The maximum atomic E-state index is 12.7. The molecule has 25 heavy (non-hydrogen) atoms. The Balaban J connectivity index is 2.14. The summed E-state index contributed by atoms with van der Waals surface area (Å²) in [6.07, 6.45) is 1.41. The molecule has 0 N–H and O–H groups in total. The van der Waals surface area contributed by atoms with Gasteiger partial charge < -0.3 is 9.64 Å². The molecule has 2 aromatic rings. The van der Waals surface area contributed by atoms with Crippen LogP contribution in [0.2, 0.25) is 0 Å². The van der Waals surface area contributed by atoms with Gasteiger partial charge in [0.05, 0.1) is 29.1 Å². The first-order valence-corrected chi connectivity index (χ1v) is 8.01. The summed E-state index contributed by atoms with van der Waals surface area (Å²) in [5.41, 5.74) is 2.63. The number of amides is 1. The predicted octanol–water partition coefficient (Wildman–Crippen LogP) is 3.38. The second kappa shape index (κ2) is 7.13. The minimum absolute atomic E-state index is 0.160. The van der Waals surface area contributed by atoms with E-state index in [0.29, 0.717) is 16.8 Å². The largest absolute Gasteiger partial charge is 0.462 e. The van der Waals surface area contributed by atoms with Gasteiger partial charge in [-0.3, -0.25) is 9.79 Å². The van der Waals surface area contributed by atoms with E-state index in [1.54, 1.807) is 14.0 Å². The van der Waals surface area contributed by atoms with E-state index in [4.69, 9.17) is 4.74 Å². The number of aliphatic imine (C=N–C) groups is 1. The van der Waals surface area contributed by atoms with Crippen LogP contribution in [-0.2, 0) is 14.3 Å². The summed E-state index contributed by atoms with van der Waals surface area (Å²) in [4.78, 5) is 31.1. The zero-order chi connectivity index (χ0) is 17.8. The molecule has 5 nitrogen and oxygen atoms in total. The number of benzene rings is 2. The highest BCUT2D eigenvalue weighted by Crippen LogP contribution is 2.37. The molecule has 0 bridgehead atoms. The van der Waals surface area contributed by atoms with Crippen molar-refractivity contribution in [3.63, 3.8) is 0 Å². The Morgan fingerprint density at radius 2 is 1.80 bits per heavy atom. The van der Waals surface area contributed by atoms with Gasteiger partial charge in [-0.25, -0.2) is 4.79 Å². The lowest BCUT2D eigenvalue weighted by molar-refractivity contribution is -0.137. The van der Waals surface area contributed by atoms with Crippen molar-refractivity contribution in [3.05, 3.63) is 65.7 Å². The van der Waals surface area contributed by atoms with Gasteiger partial charge in [0.25, 0.3) is 5.91 Å². The number of nitrogens with zero attached hydrogens (tertiary/aromatic N) is 2. The maximum Gasteiger partial charge on any atom is 0.340 e. The fourth-order valence-corrected chi connectivity index (χ4v) is 2.71. The van der Waals surface area contributed by atoms with Crippen molar-refractivity contribution in [2.75, 3.05) is 18.6 Å². The number of hydrogen-bond donors (Lipinski definition) is 0. The fraction of sp³-hybridized carbons (Fsp3) is 0.150. The molecule has 1 aliphatic rings. The van der Waals surface area contributed by atoms with Crippen molar-refractivity contribution in [2.24, 2.45) is 4.99 Å². The van der Waals surface area contributed by atoms with E-state index in [9.17, 15) is 9.59 Å². The van der Waals surface area contributed by atoms with Gasteiger partial charge in [-0.1, -0.05) is 36.4 Å². The van der Waals surface area contributed by atoms with Crippen LogP contribution in [0, 0.1) is 0 Å². The standard InChI is InChI=1S/C20H18N2O3/c1-3-25-20(24)16(13-21-14-9-5-4-6-10-14)18-15-11-7-8-12-17(15)22(2)19(18)23/h4-13H,3H2,1-2H3/b18-16+,21-13?. The van der Waals surface area contributed by atoms with E-state index in [0.717, 1.165) is 5.69 Å². The van der Waals surface area contributed by atoms with E-state index in [1.165, 1.54) is 11.1 Å². The summed E-state index contributed by atoms with van der Waals surface area (Å²) in [6.45, 7) is 1.95. The Bertz CT molecular complexity index is 870. The highest BCUT2D eigenvalue weighted by atomic mass is 16.5. The lowest BCUT2D eigenvalue weighted by atomic mass is 10.0. The average Bonchev–Trinajstić information content (AvgIpc) is 2.89. The van der Waals surface area contributed by atoms with Crippen LogP contribution in [0.4, 0.5) is 11.4 Å². The molecule has 0 aromatic heterocycles. The normalized spacial score (nSPS) is 15.4. The molecule has 0 radical (unpaired) electrons. The Morgan fingerprint density at radius 3 is 2.52 bits per heavy atom. The Labute approximate surface area is 146 Å². The lowest BCUT2D eigenvalue weighted by Crippen LogP contribution is -2.22. The van der Waals surface area contributed by atoms with E-state index >= 15 is 0 Å². The quantitative estimate of drug-likeness (QED) is 0.489. The minimum atomic E-state index is -0.560. The second-order valence-electron chi connectivity index (χ2n) is 5.48. The zero-order valence-electron chi connectivity index (χ0n) is 14.1. The SMILES string of the molecule is CCOC(=O)/C(C=Nc1ccccc1)=C1/C(=O)N(C)c2ccccc21. The minimum Gasteiger partial charge on any atom is -0.462 e. The maximum absolute atomic E-state index is 12.7. The van der Waals surface area contributed by atoms with Gasteiger partial charge in [0.15, 0.2) is 0 Å². The molecule has 2 aromatic carbocycles. The van der Waals surface area contributed by atoms with Gasteiger partial charge in [0, 0.05) is 18.8 Å². The molecule has 0 aliphatic carbocycles. The van der Waals surface area contributed by atoms with Crippen molar-refractivity contribution < 1.29 is 14.3 Å².